The van der Waals surface area contributed by atoms with E-state index in [1.54, 1.807) is 0 Å². The Morgan fingerprint density at radius 3 is 2.18 bits per heavy atom. The number of aliphatic hydroxyl groups is 1. The van der Waals surface area contributed by atoms with Gasteiger partial charge >= 0.3 is 0 Å². The molecule has 0 amide bonds. The molecule has 1 aliphatic carbocycles. The molecule has 0 atom stereocenters. The molecule has 6 heteroatoms. The van der Waals surface area contributed by atoms with Crippen LogP contribution in [0, 0.1) is 0 Å². The summed E-state index contributed by atoms with van der Waals surface area (Å²) in [4.78, 5) is 18.2. The van der Waals surface area contributed by atoms with Gasteiger partial charge in [0.15, 0.2) is 0 Å². The first kappa shape index (κ1) is 22.9. The van der Waals surface area contributed by atoms with Gasteiger partial charge in [-0.2, -0.15) is 0 Å². The number of hydrogen-bond acceptors (Lipinski definition) is 4. The molecule has 5 rings (SSSR count). The maximum Gasteiger partial charge on any atom is 0.201 e. The van der Waals surface area contributed by atoms with Crippen molar-refractivity contribution in [2.45, 2.75) is 52.4 Å². The molecule has 174 valence electrons. The van der Waals surface area contributed by atoms with Crippen LogP contribution >= 0.6 is 23.2 Å². The van der Waals surface area contributed by atoms with Crippen LogP contribution in [0.1, 0.15) is 52.7 Å². The van der Waals surface area contributed by atoms with Gasteiger partial charge in [0, 0.05) is 32.3 Å². The van der Waals surface area contributed by atoms with E-state index in [-0.39, 0.29) is 17.0 Å². The normalized spacial score (nSPS) is 22.6. The number of ketones is 1. The van der Waals surface area contributed by atoms with E-state index in [0.29, 0.717) is 26.8 Å². The summed E-state index contributed by atoms with van der Waals surface area (Å²) in [5, 5.41) is 15.9. The van der Waals surface area contributed by atoms with Crippen molar-refractivity contribution in [2.75, 3.05) is 5.32 Å². The summed E-state index contributed by atoms with van der Waals surface area (Å²) < 4.78 is 0. The van der Waals surface area contributed by atoms with Gasteiger partial charge in [-0.25, -0.2) is 0 Å². The third kappa shape index (κ3) is 3.05. The fourth-order valence-corrected chi connectivity index (χ4v) is 5.86. The van der Waals surface area contributed by atoms with Gasteiger partial charge in [-0.05, 0) is 72.5 Å². The number of hydrogen-bond donors (Lipinski definition) is 2. The van der Waals surface area contributed by atoms with E-state index in [2.05, 4.69) is 33.0 Å². The topological polar surface area (TPSA) is 61.7 Å². The first-order valence-electron chi connectivity index (χ1n) is 11.2. The summed E-state index contributed by atoms with van der Waals surface area (Å²) in [5.41, 5.74) is 6.81. The standard InChI is InChI=1S/C28H26Cl2N2O2/c1-13(25-27(3,4)17-11-15(29)7-9-19(17)31-25)21-23(33)22(24(21)34)14(2)26-28(5,6)18-12-16(30)8-10-20(18)32-26/h7-12,31,33H,1-6H3. The summed E-state index contributed by atoms with van der Waals surface area (Å²) in [5.74, 6) is -0.148. The minimum Gasteiger partial charge on any atom is -0.506 e. The second-order valence-corrected chi connectivity index (χ2v) is 11.1. The third-order valence-electron chi connectivity index (χ3n) is 7.40. The molecule has 0 saturated heterocycles. The highest BCUT2D eigenvalue weighted by Crippen LogP contribution is 2.49. The van der Waals surface area contributed by atoms with Gasteiger partial charge < -0.3 is 10.4 Å². The molecule has 0 saturated carbocycles. The van der Waals surface area contributed by atoms with Crippen molar-refractivity contribution in [3.05, 3.63) is 91.3 Å². The van der Waals surface area contributed by atoms with Crippen LogP contribution in [-0.2, 0) is 15.6 Å². The molecule has 2 aliphatic heterocycles. The van der Waals surface area contributed by atoms with Crippen LogP contribution in [0.15, 0.2) is 75.1 Å². The predicted octanol–water partition coefficient (Wildman–Crippen LogP) is 7.75. The van der Waals surface area contributed by atoms with E-state index in [4.69, 9.17) is 28.2 Å². The number of carbonyl (C=O) groups excluding carboxylic acids is 1. The molecule has 4 nitrogen and oxygen atoms in total. The molecule has 2 N–H and O–H groups in total. The number of benzene rings is 2. The van der Waals surface area contributed by atoms with E-state index in [1.807, 2.05) is 50.2 Å². The number of aliphatic hydroxyl groups excluding tert-OH is 1. The van der Waals surface area contributed by atoms with E-state index in [0.717, 1.165) is 39.5 Å². The molecule has 2 heterocycles. The van der Waals surface area contributed by atoms with E-state index < -0.39 is 5.41 Å². The number of anilines is 1. The molecule has 2 aromatic carbocycles. The van der Waals surface area contributed by atoms with Crippen LogP contribution in [0.3, 0.4) is 0 Å². The summed E-state index contributed by atoms with van der Waals surface area (Å²) in [7, 11) is 0. The minimum atomic E-state index is -0.433. The second kappa shape index (κ2) is 7.34. The maximum absolute atomic E-state index is 13.4. The summed E-state index contributed by atoms with van der Waals surface area (Å²) in [6.45, 7) is 12.0. The Hall–Kier alpha value is -2.82. The van der Waals surface area contributed by atoms with Crippen molar-refractivity contribution in [2.24, 2.45) is 4.99 Å². The summed E-state index contributed by atoms with van der Waals surface area (Å²) in [6.07, 6.45) is 0. The van der Waals surface area contributed by atoms with Gasteiger partial charge in [0.2, 0.25) is 5.78 Å². The molecule has 0 spiro atoms. The molecular formula is C28H26Cl2N2O2. The van der Waals surface area contributed by atoms with Gasteiger partial charge in [-0.1, -0.05) is 50.9 Å². The average Bonchev–Trinajstić information content (AvgIpc) is 3.17. The lowest BCUT2D eigenvalue weighted by Gasteiger charge is -2.30. The Morgan fingerprint density at radius 2 is 1.53 bits per heavy atom. The first-order valence-corrected chi connectivity index (χ1v) is 12.0. The van der Waals surface area contributed by atoms with Crippen molar-refractivity contribution < 1.29 is 9.90 Å². The number of rotatable bonds is 2. The van der Waals surface area contributed by atoms with Crippen LogP contribution in [0.4, 0.5) is 11.4 Å². The maximum atomic E-state index is 13.4. The number of allylic oxidation sites excluding steroid dienone is 5. The van der Waals surface area contributed by atoms with Crippen LogP contribution in [0.25, 0.3) is 0 Å². The lowest BCUT2D eigenvalue weighted by molar-refractivity contribution is -0.113. The zero-order valence-electron chi connectivity index (χ0n) is 20.0. The zero-order valence-corrected chi connectivity index (χ0v) is 21.5. The largest absolute Gasteiger partial charge is 0.506 e. The van der Waals surface area contributed by atoms with Crippen molar-refractivity contribution in [3.63, 3.8) is 0 Å². The molecule has 34 heavy (non-hydrogen) atoms. The lowest BCUT2D eigenvalue weighted by Crippen LogP contribution is -2.32. The molecule has 0 unspecified atom stereocenters. The van der Waals surface area contributed by atoms with Crippen LogP contribution in [-0.4, -0.2) is 16.6 Å². The molecule has 0 radical (unpaired) electrons. The van der Waals surface area contributed by atoms with Gasteiger partial charge in [0.05, 0.1) is 22.5 Å². The van der Waals surface area contributed by atoms with Crippen LogP contribution in [0.2, 0.25) is 10.0 Å². The fraction of sp³-hybridized carbons (Fsp3) is 0.286. The van der Waals surface area contributed by atoms with Crippen molar-refractivity contribution >= 4 is 46.1 Å². The molecule has 2 aromatic rings. The van der Waals surface area contributed by atoms with Gasteiger partial charge in [0.25, 0.3) is 0 Å². The van der Waals surface area contributed by atoms with Gasteiger partial charge in [0.1, 0.15) is 5.76 Å². The number of fused-ring (bicyclic) bond motifs is 2. The second-order valence-electron chi connectivity index (χ2n) is 10.2. The first-order chi connectivity index (χ1) is 15.9. The number of Topliss-reactive ketones (excluding diaryl/α,β-unsaturated/α-hetero) is 1. The van der Waals surface area contributed by atoms with E-state index >= 15 is 0 Å². The minimum absolute atomic E-state index is 0.0200. The Bertz CT molecular complexity index is 1440. The van der Waals surface area contributed by atoms with E-state index in [9.17, 15) is 9.90 Å². The number of nitrogens with one attached hydrogen (secondary N) is 1. The Balaban J connectivity index is 1.58. The number of aliphatic imine (C=N–C) groups is 1. The Labute approximate surface area is 209 Å². The molecule has 3 aliphatic rings. The molecule has 0 aromatic heterocycles. The van der Waals surface area contributed by atoms with Crippen LogP contribution < -0.4 is 5.32 Å². The number of nitrogens with zero attached hydrogens (tertiary/aromatic N) is 1. The summed E-state index contributed by atoms with van der Waals surface area (Å²) in [6, 6.07) is 11.3. The quantitative estimate of drug-likeness (QED) is 0.421. The number of halogens is 2. The lowest BCUT2D eigenvalue weighted by atomic mass is 9.73. The zero-order chi connectivity index (χ0) is 24.7. The predicted molar refractivity (Wildman–Crippen MR) is 140 cm³/mol. The number of carbonyl (C=O) groups is 1. The molecule has 0 bridgehead atoms. The Morgan fingerprint density at radius 1 is 0.912 bits per heavy atom. The van der Waals surface area contributed by atoms with Crippen molar-refractivity contribution in [1.29, 1.82) is 0 Å². The highest BCUT2D eigenvalue weighted by molar-refractivity contribution is 6.31. The average molecular weight is 493 g/mol. The highest BCUT2D eigenvalue weighted by Gasteiger charge is 2.45. The Kier molecular flexibility index (Phi) is 4.95. The van der Waals surface area contributed by atoms with Gasteiger partial charge in [-0.3, -0.25) is 9.79 Å². The van der Waals surface area contributed by atoms with Crippen molar-refractivity contribution in [1.82, 2.24) is 0 Å². The molecular weight excluding hydrogens is 467 g/mol. The van der Waals surface area contributed by atoms with Crippen molar-refractivity contribution in [3.8, 4) is 0 Å². The van der Waals surface area contributed by atoms with E-state index in [1.165, 1.54) is 0 Å². The van der Waals surface area contributed by atoms with Gasteiger partial charge in [-0.15, -0.1) is 0 Å². The fourth-order valence-electron chi connectivity index (χ4n) is 5.52. The highest BCUT2D eigenvalue weighted by atomic mass is 35.5. The monoisotopic (exact) mass is 492 g/mol. The third-order valence-corrected chi connectivity index (χ3v) is 7.87. The molecule has 0 fully saturated rings. The van der Waals surface area contributed by atoms with Crippen LogP contribution in [0.5, 0.6) is 0 Å². The smallest absolute Gasteiger partial charge is 0.201 e. The SMILES string of the molecule is CC(C1=Nc2ccc(Cl)cc2C1(C)C)=C1C(=O)C(C(C)=C2Nc3ccc(Cl)cc3C2(C)C)=C1O. The summed E-state index contributed by atoms with van der Waals surface area (Å²) >= 11 is 12.5.